The molecule has 0 bridgehead atoms. The molecular weight excluding hydrogens is 280 g/mol. The van der Waals surface area contributed by atoms with E-state index in [1.165, 1.54) is 37.0 Å². The average molecular weight is 297 g/mol. The highest BCUT2D eigenvalue weighted by Crippen LogP contribution is 2.43. The van der Waals surface area contributed by atoms with Gasteiger partial charge in [-0.05, 0) is 49.7 Å². The van der Waals surface area contributed by atoms with Crippen molar-refractivity contribution in [1.29, 1.82) is 0 Å². The first-order valence-corrected chi connectivity index (χ1v) is 7.99. The van der Waals surface area contributed by atoms with E-state index in [-0.39, 0.29) is 0 Å². The lowest BCUT2D eigenvalue weighted by molar-refractivity contribution is 0.495. The monoisotopic (exact) mass is 296 g/mol. The van der Waals surface area contributed by atoms with Crippen molar-refractivity contribution in [1.82, 2.24) is 0 Å². The molecule has 3 rings (SSSR count). The average Bonchev–Trinajstić information content (AvgIpc) is 2.84. The van der Waals surface area contributed by atoms with Gasteiger partial charge in [-0.25, -0.2) is 0 Å². The first kappa shape index (κ1) is 11.2. The predicted octanol–water partition coefficient (Wildman–Crippen LogP) is 4.66. The Balaban J connectivity index is 1.60. The maximum atomic E-state index is 3.75. The van der Waals surface area contributed by atoms with E-state index in [0.29, 0.717) is 0 Å². The Morgan fingerprint density at radius 3 is 2.88 bits per heavy atom. The van der Waals surface area contributed by atoms with Crippen LogP contribution in [0.15, 0.2) is 29.2 Å². The molecule has 0 spiro atoms. The summed E-state index contributed by atoms with van der Waals surface area (Å²) >= 11 is 5.86. The van der Waals surface area contributed by atoms with E-state index in [2.05, 4.69) is 52.0 Å². The highest BCUT2D eigenvalue weighted by Gasteiger charge is 2.28. The van der Waals surface area contributed by atoms with Crippen molar-refractivity contribution in [2.45, 2.75) is 47.1 Å². The van der Waals surface area contributed by atoms with Gasteiger partial charge in [0.2, 0.25) is 0 Å². The lowest BCUT2D eigenvalue weighted by Gasteiger charge is -2.14. The van der Waals surface area contributed by atoms with Gasteiger partial charge in [-0.1, -0.05) is 34.1 Å². The van der Waals surface area contributed by atoms with Crippen LogP contribution in [0.25, 0.3) is 0 Å². The van der Waals surface area contributed by atoms with E-state index in [1.54, 1.807) is 5.56 Å². The van der Waals surface area contributed by atoms with Crippen LogP contribution in [0.4, 0.5) is 0 Å². The molecule has 0 aromatic heterocycles. The van der Waals surface area contributed by atoms with Crippen LogP contribution in [-0.2, 0) is 6.42 Å². The summed E-state index contributed by atoms with van der Waals surface area (Å²) < 4.78 is 0. The van der Waals surface area contributed by atoms with Crippen LogP contribution in [0.5, 0.6) is 0 Å². The molecule has 0 radical (unpaired) electrons. The SMILES string of the molecule is BrC1CCC(CC2Cc3ccccc3S2)C1. The molecular formula is C14H17BrS. The van der Waals surface area contributed by atoms with Crippen LogP contribution in [0.1, 0.15) is 31.2 Å². The second-order valence-corrected chi connectivity index (χ2v) is 7.70. The summed E-state index contributed by atoms with van der Waals surface area (Å²) in [5.41, 5.74) is 1.57. The number of fused-ring (bicyclic) bond motifs is 1. The van der Waals surface area contributed by atoms with E-state index >= 15 is 0 Å². The Bertz CT molecular complexity index is 352. The Morgan fingerprint density at radius 1 is 1.25 bits per heavy atom. The zero-order chi connectivity index (χ0) is 11.0. The number of hydrogen-bond donors (Lipinski definition) is 0. The minimum Gasteiger partial charge on any atom is -0.122 e. The molecule has 86 valence electrons. The molecule has 1 heterocycles. The molecule has 3 atom stereocenters. The fraction of sp³-hybridized carbons (Fsp3) is 0.571. The van der Waals surface area contributed by atoms with Crippen LogP contribution in [-0.4, -0.2) is 10.1 Å². The second-order valence-electron chi connectivity index (χ2n) is 5.06. The van der Waals surface area contributed by atoms with Gasteiger partial charge in [-0.3, -0.25) is 0 Å². The third-order valence-electron chi connectivity index (χ3n) is 3.79. The number of alkyl halides is 1. The van der Waals surface area contributed by atoms with Crippen molar-refractivity contribution in [3.05, 3.63) is 29.8 Å². The molecule has 2 heteroatoms. The van der Waals surface area contributed by atoms with Gasteiger partial charge in [0, 0.05) is 15.0 Å². The van der Waals surface area contributed by atoms with Crippen molar-refractivity contribution in [2.24, 2.45) is 5.92 Å². The zero-order valence-corrected chi connectivity index (χ0v) is 11.8. The Kier molecular flexibility index (Phi) is 3.30. The highest BCUT2D eigenvalue weighted by molar-refractivity contribution is 9.09. The Morgan fingerprint density at radius 2 is 2.12 bits per heavy atom. The molecule has 1 aliphatic carbocycles. The van der Waals surface area contributed by atoms with Crippen LogP contribution in [0.2, 0.25) is 0 Å². The molecule has 1 fully saturated rings. The van der Waals surface area contributed by atoms with Crippen LogP contribution in [0.3, 0.4) is 0 Å². The summed E-state index contributed by atoms with van der Waals surface area (Å²) in [6.45, 7) is 0. The number of rotatable bonds is 2. The highest BCUT2D eigenvalue weighted by atomic mass is 79.9. The van der Waals surface area contributed by atoms with Gasteiger partial charge in [-0.15, -0.1) is 11.8 Å². The summed E-state index contributed by atoms with van der Waals surface area (Å²) in [5, 5.41) is 0.847. The van der Waals surface area contributed by atoms with Crippen molar-refractivity contribution >= 4 is 27.7 Å². The van der Waals surface area contributed by atoms with Crippen LogP contribution >= 0.6 is 27.7 Å². The molecule has 3 unspecified atom stereocenters. The quantitative estimate of drug-likeness (QED) is 0.716. The van der Waals surface area contributed by atoms with E-state index in [4.69, 9.17) is 0 Å². The molecule has 0 N–H and O–H groups in total. The minimum absolute atomic E-state index is 0.797. The fourth-order valence-corrected chi connectivity index (χ4v) is 5.23. The molecule has 0 saturated heterocycles. The topological polar surface area (TPSA) is 0 Å². The van der Waals surface area contributed by atoms with Gasteiger partial charge >= 0.3 is 0 Å². The molecule has 1 aromatic carbocycles. The van der Waals surface area contributed by atoms with Crippen LogP contribution in [0, 0.1) is 5.92 Å². The maximum absolute atomic E-state index is 3.75. The van der Waals surface area contributed by atoms with E-state index in [1.807, 2.05) is 0 Å². The molecule has 1 aliphatic heterocycles. The van der Waals surface area contributed by atoms with Gasteiger partial charge in [0.1, 0.15) is 0 Å². The second kappa shape index (κ2) is 4.73. The number of halogens is 1. The van der Waals surface area contributed by atoms with Crippen molar-refractivity contribution in [3.8, 4) is 0 Å². The summed E-state index contributed by atoms with van der Waals surface area (Å²) in [6, 6.07) is 8.91. The summed E-state index contributed by atoms with van der Waals surface area (Å²) in [6.07, 6.45) is 6.93. The lowest BCUT2D eigenvalue weighted by Crippen LogP contribution is -2.08. The predicted molar refractivity (Wildman–Crippen MR) is 74.5 cm³/mol. The maximum Gasteiger partial charge on any atom is 0.0148 e. The van der Waals surface area contributed by atoms with Gasteiger partial charge in [0.05, 0.1) is 0 Å². The third kappa shape index (κ3) is 2.33. The molecule has 0 nitrogen and oxygen atoms in total. The largest absolute Gasteiger partial charge is 0.122 e. The number of benzene rings is 1. The van der Waals surface area contributed by atoms with Gasteiger partial charge in [-0.2, -0.15) is 0 Å². The fourth-order valence-electron chi connectivity index (χ4n) is 2.99. The lowest BCUT2D eigenvalue weighted by atomic mass is 9.98. The minimum atomic E-state index is 0.797. The normalized spacial score (nSPS) is 32.9. The van der Waals surface area contributed by atoms with E-state index < -0.39 is 0 Å². The van der Waals surface area contributed by atoms with E-state index in [9.17, 15) is 0 Å². The van der Waals surface area contributed by atoms with Crippen molar-refractivity contribution in [3.63, 3.8) is 0 Å². The summed E-state index contributed by atoms with van der Waals surface area (Å²) in [4.78, 5) is 2.33. The first-order chi connectivity index (χ1) is 7.81. The standard InChI is InChI=1S/C14H17BrS/c15-12-6-5-10(7-12)8-13-9-11-3-1-2-4-14(11)16-13/h1-4,10,12-13H,5-9H2. The molecule has 1 saturated carbocycles. The number of hydrogen-bond acceptors (Lipinski definition) is 1. The van der Waals surface area contributed by atoms with Gasteiger partial charge < -0.3 is 0 Å². The first-order valence-electron chi connectivity index (χ1n) is 6.20. The number of thioether (sulfide) groups is 1. The van der Waals surface area contributed by atoms with E-state index in [0.717, 1.165) is 16.0 Å². The summed E-state index contributed by atoms with van der Waals surface area (Å²) in [5.74, 6) is 0.969. The molecule has 0 amide bonds. The van der Waals surface area contributed by atoms with Gasteiger partial charge in [0.15, 0.2) is 0 Å². The third-order valence-corrected chi connectivity index (χ3v) is 5.96. The molecule has 16 heavy (non-hydrogen) atoms. The molecule has 2 aliphatic rings. The Labute approximate surface area is 110 Å². The smallest absolute Gasteiger partial charge is 0.0148 e. The van der Waals surface area contributed by atoms with Crippen molar-refractivity contribution < 1.29 is 0 Å². The van der Waals surface area contributed by atoms with Crippen molar-refractivity contribution in [2.75, 3.05) is 0 Å². The van der Waals surface area contributed by atoms with Gasteiger partial charge in [0.25, 0.3) is 0 Å². The van der Waals surface area contributed by atoms with Crippen LogP contribution < -0.4 is 0 Å². The Hall–Kier alpha value is 0.0500. The summed E-state index contributed by atoms with van der Waals surface area (Å²) in [7, 11) is 0. The molecule has 1 aromatic rings. The zero-order valence-electron chi connectivity index (χ0n) is 9.36.